The predicted octanol–water partition coefficient (Wildman–Crippen LogP) is 0.756. The maximum Gasteiger partial charge on any atom is 0.259 e. The molecule has 1 amide bonds. The molecule has 0 saturated carbocycles. The molecule has 0 radical (unpaired) electrons. The molecule has 0 unspecified atom stereocenters. The highest BCUT2D eigenvalue weighted by atomic mass is 19.3. The van der Waals surface area contributed by atoms with Crippen LogP contribution in [0.5, 0.6) is 5.88 Å². The van der Waals surface area contributed by atoms with Gasteiger partial charge in [-0.1, -0.05) is 0 Å². The van der Waals surface area contributed by atoms with Crippen molar-refractivity contribution in [1.29, 1.82) is 0 Å². The second-order valence-corrected chi connectivity index (χ2v) is 3.49. The number of nitrogens with two attached hydrogens (primary N) is 1. The third-order valence-corrected chi connectivity index (χ3v) is 2.24. The topological polar surface area (TPSA) is 68.5 Å². The summed E-state index contributed by atoms with van der Waals surface area (Å²) in [5.74, 6) is -0.454. The standard InChI is InChI=1S/C11H15F2N3O2/c1-18-10-8(3-2-5-15-10)11(17)16(6-4-14)7-9(12)13/h2-3,5,9H,4,6-7,14H2,1H3. The maximum atomic E-state index is 12.4. The van der Waals surface area contributed by atoms with Gasteiger partial charge >= 0.3 is 0 Å². The number of alkyl halides is 2. The molecular weight excluding hydrogens is 244 g/mol. The van der Waals surface area contributed by atoms with Gasteiger partial charge < -0.3 is 15.4 Å². The molecule has 7 heteroatoms. The first kappa shape index (κ1) is 14.3. The van der Waals surface area contributed by atoms with Crippen molar-refractivity contribution in [1.82, 2.24) is 9.88 Å². The number of ether oxygens (including phenoxy) is 1. The van der Waals surface area contributed by atoms with Gasteiger partial charge in [-0.3, -0.25) is 4.79 Å². The van der Waals surface area contributed by atoms with E-state index in [-0.39, 0.29) is 24.5 Å². The summed E-state index contributed by atoms with van der Waals surface area (Å²) in [4.78, 5) is 16.9. The Bertz CT molecular complexity index is 402. The van der Waals surface area contributed by atoms with E-state index in [1.165, 1.54) is 19.4 Å². The van der Waals surface area contributed by atoms with E-state index < -0.39 is 18.9 Å². The number of hydrogen-bond donors (Lipinski definition) is 1. The van der Waals surface area contributed by atoms with Crippen LogP contribution in [0.2, 0.25) is 0 Å². The van der Waals surface area contributed by atoms with E-state index in [0.29, 0.717) is 0 Å². The minimum atomic E-state index is -2.61. The van der Waals surface area contributed by atoms with Crippen molar-refractivity contribution >= 4 is 5.91 Å². The van der Waals surface area contributed by atoms with Crippen molar-refractivity contribution in [3.05, 3.63) is 23.9 Å². The first-order valence-electron chi connectivity index (χ1n) is 5.36. The summed E-state index contributed by atoms with van der Waals surface area (Å²) >= 11 is 0. The van der Waals surface area contributed by atoms with Crippen LogP contribution < -0.4 is 10.5 Å². The first-order valence-corrected chi connectivity index (χ1v) is 5.36. The van der Waals surface area contributed by atoms with E-state index in [1.54, 1.807) is 6.07 Å². The summed E-state index contributed by atoms with van der Waals surface area (Å²) in [5, 5.41) is 0. The normalized spacial score (nSPS) is 10.5. The molecule has 0 aromatic carbocycles. The quantitative estimate of drug-likeness (QED) is 0.818. The lowest BCUT2D eigenvalue weighted by molar-refractivity contribution is 0.0559. The van der Waals surface area contributed by atoms with Crippen LogP contribution in [-0.2, 0) is 0 Å². The van der Waals surface area contributed by atoms with E-state index >= 15 is 0 Å². The number of methoxy groups -OCH3 is 1. The summed E-state index contributed by atoms with van der Waals surface area (Å²) in [6.45, 7) is -0.490. The summed E-state index contributed by atoms with van der Waals surface area (Å²) in [6.07, 6.45) is -1.15. The number of hydrogen-bond acceptors (Lipinski definition) is 4. The summed E-state index contributed by atoms with van der Waals surface area (Å²) < 4.78 is 29.7. The van der Waals surface area contributed by atoms with E-state index in [9.17, 15) is 13.6 Å². The number of amides is 1. The van der Waals surface area contributed by atoms with Crippen LogP contribution in [0.3, 0.4) is 0 Å². The van der Waals surface area contributed by atoms with Crippen molar-refractivity contribution in [3.8, 4) is 5.88 Å². The number of pyridine rings is 1. The molecule has 0 bridgehead atoms. The molecule has 0 atom stereocenters. The molecule has 0 aliphatic rings. The van der Waals surface area contributed by atoms with Crippen LogP contribution in [0.1, 0.15) is 10.4 Å². The number of carbonyl (C=O) groups excluding carboxylic acids is 1. The highest BCUT2D eigenvalue weighted by Crippen LogP contribution is 2.16. The van der Waals surface area contributed by atoms with Crippen LogP contribution >= 0.6 is 0 Å². The smallest absolute Gasteiger partial charge is 0.259 e. The molecule has 2 N–H and O–H groups in total. The van der Waals surface area contributed by atoms with Crippen molar-refractivity contribution in [2.24, 2.45) is 5.73 Å². The fraction of sp³-hybridized carbons (Fsp3) is 0.455. The number of carbonyl (C=O) groups is 1. The lowest BCUT2D eigenvalue weighted by Gasteiger charge is -2.22. The summed E-state index contributed by atoms with van der Waals surface area (Å²) in [6, 6.07) is 3.02. The van der Waals surface area contributed by atoms with Crippen LogP contribution in [0.4, 0.5) is 8.78 Å². The van der Waals surface area contributed by atoms with Crippen LogP contribution in [0, 0.1) is 0 Å². The second-order valence-electron chi connectivity index (χ2n) is 3.49. The van der Waals surface area contributed by atoms with Gasteiger partial charge in [-0.2, -0.15) is 0 Å². The van der Waals surface area contributed by atoms with Gasteiger partial charge in [0.05, 0.1) is 13.7 Å². The molecular formula is C11H15F2N3O2. The lowest BCUT2D eigenvalue weighted by atomic mass is 10.2. The van der Waals surface area contributed by atoms with Crippen LogP contribution in [-0.4, -0.2) is 49.0 Å². The average molecular weight is 259 g/mol. The van der Waals surface area contributed by atoms with E-state index in [0.717, 1.165) is 4.90 Å². The molecule has 18 heavy (non-hydrogen) atoms. The van der Waals surface area contributed by atoms with Gasteiger partial charge in [0.25, 0.3) is 12.3 Å². The number of nitrogens with zero attached hydrogens (tertiary/aromatic N) is 2. The molecule has 0 aliphatic carbocycles. The zero-order chi connectivity index (χ0) is 13.5. The Labute approximate surface area is 104 Å². The van der Waals surface area contributed by atoms with E-state index in [2.05, 4.69) is 4.98 Å². The Morgan fingerprint density at radius 2 is 2.33 bits per heavy atom. The SMILES string of the molecule is COc1ncccc1C(=O)N(CCN)CC(F)F. The molecule has 1 heterocycles. The van der Waals surface area contributed by atoms with E-state index in [4.69, 9.17) is 10.5 Å². The Morgan fingerprint density at radius 3 is 2.89 bits per heavy atom. The number of aromatic nitrogens is 1. The lowest BCUT2D eigenvalue weighted by Crippen LogP contribution is -2.38. The molecule has 1 aromatic rings. The maximum absolute atomic E-state index is 12.4. The highest BCUT2D eigenvalue weighted by Gasteiger charge is 2.22. The summed E-state index contributed by atoms with van der Waals surface area (Å²) in [5.41, 5.74) is 5.45. The number of halogens is 2. The third-order valence-electron chi connectivity index (χ3n) is 2.24. The zero-order valence-corrected chi connectivity index (χ0v) is 9.97. The fourth-order valence-electron chi connectivity index (χ4n) is 1.48. The fourth-order valence-corrected chi connectivity index (χ4v) is 1.48. The zero-order valence-electron chi connectivity index (χ0n) is 9.97. The molecule has 0 aliphatic heterocycles. The van der Waals surface area contributed by atoms with Crippen LogP contribution in [0.25, 0.3) is 0 Å². The van der Waals surface area contributed by atoms with Gasteiger partial charge in [0.2, 0.25) is 5.88 Å². The average Bonchev–Trinajstić information content (AvgIpc) is 2.37. The molecule has 100 valence electrons. The minimum absolute atomic E-state index is 0.0568. The van der Waals surface area contributed by atoms with Gasteiger partial charge in [0.15, 0.2) is 0 Å². The molecule has 0 spiro atoms. The molecule has 1 aromatic heterocycles. The minimum Gasteiger partial charge on any atom is -0.480 e. The van der Waals surface area contributed by atoms with Crippen molar-refractivity contribution in [2.45, 2.75) is 6.43 Å². The van der Waals surface area contributed by atoms with Gasteiger partial charge in [-0.15, -0.1) is 0 Å². The van der Waals surface area contributed by atoms with Crippen LogP contribution in [0.15, 0.2) is 18.3 Å². The molecule has 0 saturated heterocycles. The largest absolute Gasteiger partial charge is 0.480 e. The Balaban J connectivity index is 2.94. The van der Waals surface area contributed by atoms with Gasteiger partial charge in [0.1, 0.15) is 5.56 Å². The third kappa shape index (κ3) is 3.63. The Kier molecular flexibility index (Phi) is 5.44. The van der Waals surface area contributed by atoms with Crippen molar-refractivity contribution < 1.29 is 18.3 Å². The van der Waals surface area contributed by atoms with Gasteiger partial charge in [-0.25, -0.2) is 13.8 Å². The van der Waals surface area contributed by atoms with Gasteiger partial charge in [0, 0.05) is 19.3 Å². The monoisotopic (exact) mass is 259 g/mol. The number of rotatable bonds is 6. The Morgan fingerprint density at radius 1 is 1.61 bits per heavy atom. The Hall–Kier alpha value is -1.76. The first-order chi connectivity index (χ1) is 8.60. The molecule has 5 nitrogen and oxygen atoms in total. The van der Waals surface area contributed by atoms with E-state index in [1.807, 2.05) is 0 Å². The summed E-state index contributed by atoms with van der Waals surface area (Å²) in [7, 11) is 1.36. The van der Waals surface area contributed by atoms with Crippen molar-refractivity contribution in [2.75, 3.05) is 26.7 Å². The molecule has 1 rings (SSSR count). The van der Waals surface area contributed by atoms with Gasteiger partial charge in [-0.05, 0) is 12.1 Å². The second kappa shape index (κ2) is 6.85. The predicted molar refractivity (Wildman–Crippen MR) is 61.8 cm³/mol. The molecule has 0 fully saturated rings. The van der Waals surface area contributed by atoms with Crippen molar-refractivity contribution in [3.63, 3.8) is 0 Å². The highest BCUT2D eigenvalue weighted by molar-refractivity contribution is 5.96.